The maximum Gasteiger partial charge on any atom is 0.142 e. The van der Waals surface area contributed by atoms with Crippen LogP contribution in [0.3, 0.4) is 0 Å². The lowest BCUT2D eigenvalue weighted by atomic mass is 10.1. The van der Waals surface area contributed by atoms with Gasteiger partial charge in [-0.15, -0.1) is 0 Å². The van der Waals surface area contributed by atoms with Gasteiger partial charge >= 0.3 is 0 Å². The summed E-state index contributed by atoms with van der Waals surface area (Å²) in [5.74, 6) is 1.95. The fourth-order valence-corrected chi connectivity index (χ4v) is 3.05. The molecule has 0 atom stereocenters. The zero-order chi connectivity index (χ0) is 14.1. The summed E-state index contributed by atoms with van der Waals surface area (Å²) in [6, 6.07) is 2.08. The molecular weight excluding hydrogens is 248 g/mol. The third kappa shape index (κ3) is 2.35. The second-order valence-corrected chi connectivity index (χ2v) is 5.60. The fraction of sp³-hybridized carbons (Fsp3) is 0.562. The highest BCUT2D eigenvalue weighted by molar-refractivity contribution is 5.92. The van der Waals surface area contributed by atoms with E-state index in [9.17, 15) is 0 Å². The highest BCUT2D eigenvalue weighted by Crippen LogP contribution is 2.29. The van der Waals surface area contributed by atoms with Crippen LogP contribution in [0.1, 0.15) is 43.4 Å². The number of rotatable bonds is 2. The molecule has 3 heterocycles. The van der Waals surface area contributed by atoms with Crippen molar-refractivity contribution in [3.8, 4) is 0 Å². The van der Waals surface area contributed by atoms with Crippen molar-refractivity contribution in [2.24, 2.45) is 0 Å². The lowest BCUT2D eigenvalue weighted by Crippen LogP contribution is -2.30. The second kappa shape index (κ2) is 5.35. The van der Waals surface area contributed by atoms with Crippen LogP contribution in [0.2, 0.25) is 0 Å². The number of anilines is 1. The van der Waals surface area contributed by atoms with E-state index >= 15 is 0 Å². The van der Waals surface area contributed by atoms with Crippen molar-refractivity contribution in [1.29, 1.82) is 0 Å². The van der Waals surface area contributed by atoms with Gasteiger partial charge in [-0.05, 0) is 45.6 Å². The number of aromatic nitrogens is 3. The molecule has 4 nitrogen and oxygen atoms in total. The largest absolute Gasteiger partial charge is 0.356 e. The molecule has 2 aromatic rings. The van der Waals surface area contributed by atoms with E-state index in [2.05, 4.69) is 22.9 Å². The average molecular weight is 270 g/mol. The minimum atomic E-state index is 0.853. The van der Waals surface area contributed by atoms with E-state index in [0.717, 1.165) is 53.4 Å². The molecule has 0 unspecified atom stereocenters. The first kappa shape index (κ1) is 13.3. The lowest BCUT2D eigenvalue weighted by molar-refractivity contribution is 0.574. The van der Waals surface area contributed by atoms with Gasteiger partial charge in [0.25, 0.3) is 0 Å². The quantitative estimate of drug-likeness (QED) is 0.840. The van der Waals surface area contributed by atoms with Crippen molar-refractivity contribution in [3.05, 3.63) is 23.3 Å². The van der Waals surface area contributed by atoms with E-state index in [1.807, 2.05) is 13.8 Å². The predicted molar refractivity (Wildman–Crippen MR) is 82.2 cm³/mol. The van der Waals surface area contributed by atoms with Gasteiger partial charge in [-0.3, -0.25) is 4.98 Å². The summed E-state index contributed by atoms with van der Waals surface area (Å²) in [7, 11) is 0. The number of nitrogens with zero attached hydrogens (tertiary/aromatic N) is 4. The van der Waals surface area contributed by atoms with Crippen LogP contribution in [0.4, 0.5) is 5.82 Å². The van der Waals surface area contributed by atoms with E-state index < -0.39 is 0 Å². The monoisotopic (exact) mass is 270 g/mol. The molecule has 0 saturated carbocycles. The summed E-state index contributed by atoms with van der Waals surface area (Å²) in [5.41, 5.74) is 3.21. The predicted octanol–water partition coefficient (Wildman–Crippen LogP) is 3.19. The van der Waals surface area contributed by atoms with Gasteiger partial charge in [-0.1, -0.05) is 6.92 Å². The zero-order valence-electron chi connectivity index (χ0n) is 12.6. The van der Waals surface area contributed by atoms with Gasteiger partial charge in [0.1, 0.15) is 11.6 Å². The molecule has 0 aliphatic carbocycles. The molecule has 3 rings (SSSR count). The van der Waals surface area contributed by atoms with E-state index in [0.29, 0.717) is 0 Å². The Morgan fingerprint density at radius 2 is 1.80 bits per heavy atom. The summed E-state index contributed by atoms with van der Waals surface area (Å²) in [4.78, 5) is 16.5. The van der Waals surface area contributed by atoms with Crippen LogP contribution in [0.5, 0.6) is 0 Å². The molecule has 1 saturated heterocycles. The van der Waals surface area contributed by atoms with Crippen molar-refractivity contribution in [1.82, 2.24) is 15.0 Å². The summed E-state index contributed by atoms with van der Waals surface area (Å²) in [6.07, 6.45) is 4.76. The summed E-state index contributed by atoms with van der Waals surface area (Å²) < 4.78 is 0. The zero-order valence-corrected chi connectivity index (χ0v) is 12.6. The van der Waals surface area contributed by atoms with Crippen LogP contribution in [-0.2, 0) is 6.42 Å². The van der Waals surface area contributed by atoms with Crippen molar-refractivity contribution >= 4 is 16.7 Å². The molecule has 0 amide bonds. The number of hydrogen-bond donors (Lipinski definition) is 0. The van der Waals surface area contributed by atoms with Crippen LogP contribution >= 0.6 is 0 Å². The second-order valence-electron chi connectivity index (χ2n) is 5.60. The van der Waals surface area contributed by atoms with Gasteiger partial charge in [0, 0.05) is 18.8 Å². The minimum absolute atomic E-state index is 0.853. The molecule has 1 aliphatic rings. The van der Waals surface area contributed by atoms with Crippen LogP contribution in [-0.4, -0.2) is 28.0 Å². The Labute approximate surface area is 120 Å². The molecule has 0 bridgehead atoms. The van der Waals surface area contributed by atoms with Crippen molar-refractivity contribution < 1.29 is 0 Å². The third-order valence-corrected chi connectivity index (χ3v) is 3.97. The van der Waals surface area contributed by atoms with Crippen LogP contribution in [0.15, 0.2) is 6.07 Å². The Bertz CT molecular complexity index is 625. The molecule has 0 aromatic carbocycles. The van der Waals surface area contributed by atoms with E-state index in [1.165, 1.54) is 19.3 Å². The normalized spacial score (nSPS) is 15.8. The van der Waals surface area contributed by atoms with E-state index in [4.69, 9.17) is 9.97 Å². The number of hydrogen-bond acceptors (Lipinski definition) is 4. The van der Waals surface area contributed by atoms with Gasteiger partial charge in [-0.25, -0.2) is 9.97 Å². The lowest BCUT2D eigenvalue weighted by Gasteiger charge is -2.29. The molecule has 1 aliphatic heterocycles. The Hall–Kier alpha value is -1.71. The molecule has 106 valence electrons. The van der Waals surface area contributed by atoms with Crippen molar-refractivity contribution in [2.45, 2.75) is 46.5 Å². The summed E-state index contributed by atoms with van der Waals surface area (Å²) >= 11 is 0. The van der Waals surface area contributed by atoms with Gasteiger partial charge in [0.2, 0.25) is 0 Å². The first-order valence-electron chi connectivity index (χ1n) is 7.59. The van der Waals surface area contributed by atoms with Crippen molar-refractivity contribution in [3.63, 3.8) is 0 Å². The summed E-state index contributed by atoms with van der Waals surface area (Å²) in [5, 5.41) is 1.16. The van der Waals surface area contributed by atoms with Gasteiger partial charge in [0.05, 0.1) is 16.6 Å². The van der Waals surface area contributed by atoms with Gasteiger partial charge in [0.15, 0.2) is 0 Å². The van der Waals surface area contributed by atoms with Crippen LogP contribution in [0, 0.1) is 13.8 Å². The SMILES string of the molecule is CCc1nc(C)cc2nc(C)nc(N3CCCCC3)c12. The van der Waals surface area contributed by atoms with Crippen LogP contribution in [0.25, 0.3) is 10.9 Å². The molecular formula is C16H22N4. The first-order chi connectivity index (χ1) is 9.69. The van der Waals surface area contributed by atoms with Gasteiger partial charge in [-0.2, -0.15) is 0 Å². The van der Waals surface area contributed by atoms with E-state index in [-0.39, 0.29) is 0 Å². The Morgan fingerprint density at radius 3 is 2.50 bits per heavy atom. The fourth-order valence-electron chi connectivity index (χ4n) is 3.05. The molecule has 1 fully saturated rings. The molecule has 2 aromatic heterocycles. The number of piperidine rings is 1. The van der Waals surface area contributed by atoms with Crippen molar-refractivity contribution in [2.75, 3.05) is 18.0 Å². The first-order valence-corrected chi connectivity index (χ1v) is 7.59. The van der Waals surface area contributed by atoms with E-state index in [1.54, 1.807) is 0 Å². The smallest absolute Gasteiger partial charge is 0.142 e. The highest BCUT2D eigenvalue weighted by atomic mass is 15.2. The Kier molecular flexibility index (Phi) is 3.55. The number of pyridine rings is 1. The highest BCUT2D eigenvalue weighted by Gasteiger charge is 2.19. The topological polar surface area (TPSA) is 41.9 Å². The van der Waals surface area contributed by atoms with Crippen LogP contribution < -0.4 is 4.90 Å². The number of aryl methyl sites for hydroxylation is 3. The minimum Gasteiger partial charge on any atom is -0.356 e. The Morgan fingerprint density at radius 1 is 1.05 bits per heavy atom. The maximum absolute atomic E-state index is 4.74. The average Bonchev–Trinajstić information content (AvgIpc) is 2.46. The molecule has 0 spiro atoms. The summed E-state index contributed by atoms with van der Waals surface area (Å²) in [6.45, 7) is 8.37. The number of fused-ring (bicyclic) bond motifs is 1. The molecule has 4 heteroatoms. The third-order valence-electron chi connectivity index (χ3n) is 3.97. The maximum atomic E-state index is 4.74. The molecule has 0 N–H and O–H groups in total. The molecule has 0 radical (unpaired) electrons. The standard InChI is InChI=1S/C16H22N4/c1-4-13-15-14(10-11(2)17-13)18-12(3)19-16(15)20-8-6-5-7-9-20/h10H,4-9H2,1-3H3. The van der Waals surface area contributed by atoms with Gasteiger partial charge < -0.3 is 4.90 Å². The molecule has 20 heavy (non-hydrogen) atoms. The Balaban J connectivity index is 2.23.